The van der Waals surface area contributed by atoms with Crippen molar-refractivity contribution in [2.45, 2.75) is 25.3 Å². The second-order valence-corrected chi connectivity index (χ2v) is 6.87. The van der Waals surface area contributed by atoms with E-state index in [1.807, 2.05) is 13.2 Å². The molecule has 5 heterocycles. The van der Waals surface area contributed by atoms with Gasteiger partial charge < -0.3 is 10.8 Å². The first-order valence-electron chi connectivity index (χ1n) is 8.65. The van der Waals surface area contributed by atoms with Gasteiger partial charge in [0.05, 0.1) is 23.8 Å². The normalized spacial score (nSPS) is 16.7. The summed E-state index contributed by atoms with van der Waals surface area (Å²) in [5, 5.41) is 18.4. The molecule has 1 atom stereocenters. The number of aromatic amines is 1. The molecule has 138 valence electrons. The largest absolute Gasteiger partial charge is 0.493 e. The Bertz CT molecular complexity index is 1230. The number of rotatable bonds is 2. The molecule has 0 fully saturated rings. The monoisotopic (exact) mass is 366 g/mol. The molecule has 0 aliphatic carbocycles. The van der Waals surface area contributed by atoms with Crippen LogP contribution in [-0.4, -0.2) is 39.0 Å². The number of H-pyrrole nitrogens is 1. The highest BCUT2D eigenvalue weighted by Gasteiger charge is 2.26. The number of fused-ring (bicyclic) bond motifs is 2. The highest BCUT2D eigenvalue weighted by Crippen LogP contribution is 2.32. The van der Waals surface area contributed by atoms with Crippen LogP contribution in [0.15, 0.2) is 29.5 Å². The zero-order valence-corrected chi connectivity index (χ0v) is 14.6. The van der Waals surface area contributed by atoms with E-state index in [-0.39, 0.29) is 17.5 Å². The number of nitrogens with two attached hydrogens (primary N) is 1. The maximum absolute atomic E-state index is 12.0. The Morgan fingerprint density at radius 2 is 2.19 bits per heavy atom. The van der Waals surface area contributed by atoms with E-state index in [4.69, 9.17) is 10.7 Å². The summed E-state index contributed by atoms with van der Waals surface area (Å²) in [6.07, 6.45) is 6.75. The van der Waals surface area contributed by atoms with Gasteiger partial charge in [-0.05, 0) is 12.8 Å². The lowest BCUT2D eigenvalue weighted by molar-refractivity contribution is 0.414. The average molecular weight is 366 g/mol. The van der Waals surface area contributed by atoms with Crippen molar-refractivity contribution in [3.63, 3.8) is 0 Å². The van der Waals surface area contributed by atoms with Crippen molar-refractivity contribution in [3.05, 3.63) is 46.5 Å². The fourth-order valence-electron chi connectivity index (χ4n) is 3.78. The van der Waals surface area contributed by atoms with Crippen LogP contribution in [0.1, 0.15) is 23.7 Å². The minimum absolute atomic E-state index is 0.0225. The van der Waals surface area contributed by atoms with Gasteiger partial charge in [-0.25, -0.2) is 9.78 Å². The lowest BCUT2D eigenvalue weighted by Crippen LogP contribution is -2.27. The highest BCUT2D eigenvalue weighted by molar-refractivity contribution is 5.77. The molecule has 1 aliphatic rings. The van der Waals surface area contributed by atoms with Crippen LogP contribution in [0.3, 0.4) is 0 Å². The molecule has 0 amide bonds. The fourth-order valence-corrected chi connectivity index (χ4v) is 3.78. The van der Waals surface area contributed by atoms with Gasteiger partial charge in [-0.2, -0.15) is 14.7 Å². The average Bonchev–Trinajstić information content (AvgIpc) is 3.33. The first-order valence-corrected chi connectivity index (χ1v) is 8.65. The first kappa shape index (κ1) is 15.7. The van der Waals surface area contributed by atoms with Crippen molar-refractivity contribution in [1.82, 2.24) is 33.9 Å². The second-order valence-electron chi connectivity index (χ2n) is 6.87. The molecule has 1 aliphatic heterocycles. The van der Waals surface area contributed by atoms with E-state index in [1.165, 1.54) is 0 Å². The predicted molar refractivity (Wildman–Crippen MR) is 97.4 cm³/mol. The molecule has 10 heteroatoms. The lowest BCUT2D eigenvalue weighted by atomic mass is 9.94. The van der Waals surface area contributed by atoms with Crippen LogP contribution in [0.25, 0.3) is 16.8 Å². The van der Waals surface area contributed by atoms with E-state index in [9.17, 15) is 9.90 Å². The molecule has 1 unspecified atom stereocenters. The third kappa shape index (κ3) is 2.33. The van der Waals surface area contributed by atoms with Crippen molar-refractivity contribution in [2.24, 2.45) is 7.05 Å². The van der Waals surface area contributed by atoms with Crippen LogP contribution in [0.4, 0.5) is 5.82 Å². The standard InChI is InChI=1S/C17H18N8O2/c1-23-7-10(5-19-23)11-6-20-25-14(18)4-12(21-15(11)25)9-2-3-13-16(26)22-17(27)24(13)8-9/h4-7,9,26H,2-3,8,18H2,1H3,(H,22,27). The van der Waals surface area contributed by atoms with E-state index in [0.717, 1.165) is 23.2 Å². The molecule has 0 aromatic carbocycles. The van der Waals surface area contributed by atoms with Crippen LogP contribution in [-0.2, 0) is 20.0 Å². The Balaban J connectivity index is 1.60. The van der Waals surface area contributed by atoms with E-state index in [1.54, 1.807) is 32.2 Å². The number of hydrogen-bond acceptors (Lipinski definition) is 6. The van der Waals surface area contributed by atoms with Gasteiger partial charge in [0.2, 0.25) is 5.88 Å². The summed E-state index contributed by atoms with van der Waals surface area (Å²) in [7, 11) is 1.85. The highest BCUT2D eigenvalue weighted by atomic mass is 16.3. The summed E-state index contributed by atoms with van der Waals surface area (Å²) in [5.41, 5.74) is 9.79. The van der Waals surface area contributed by atoms with Crippen molar-refractivity contribution in [3.8, 4) is 17.0 Å². The van der Waals surface area contributed by atoms with Crippen LogP contribution >= 0.6 is 0 Å². The Morgan fingerprint density at radius 1 is 1.33 bits per heavy atom. The number of anilines is 1. The summed E-state index contributed by atoms with van der Waals surface area (Å²) in [6.45, 7) is 0.449. The number of aromatic hydroxyl groups is 1. The molecule has 0 radical (unpaired) electrons. The Hall–Kier alpha value is -3.56. The molecule has 4 aromatic rings. The van der Waals surface area contributed by atoms with Gasteiger partial charge in [-0.3, -0.25) is 14.2 Å². The summed E-state index contributed by atoms with van der Waals surface area (Å²) >= 11 is 0. The zero-order valence-electron chi connectivity index (χ0n) is 14.6. The molecule has 0 bridgehead atoms. The van der Waals surface area contributed by atoms with E-state index >= 15 is 0 Å². The van der Waals surface area contributed by atoms with Crippen LogP contribution < -0.4 is 11.4 Å². The number of aromatic nitrogens is 7. The maximum atomic E-state index is 12.0. The van der Waals surface area contributed by atoms with E-state index < -0.39 is 0 Å². The van der Waals surface area contributed by atoms with Crippen LogP contribution in [0.5, 0.6) is 5.88 Å². The summed E-state index contributed by atoms with van der Waals surface area (Å²) < 4.78 is 4.90. The van der Waals surface area contributed by atoms with Gasteiger partial charge in [-0.15, -0.1) is 0 Å². The Morgan fingerprint density at radius 3 is 2.96 bits per heavy atom. The third-order valence-electron chi connectivity index (χ3n) is 5.16. The number of imidazole rings is 1. The molecule has 0 saturated carbocycles. The molecule has 4 N–H and O–H groups in total. The van der Waals surface area contributed by atoms with Gasteiger partial charge >= 0.3 is 5.69 Å². The van der Waals surface area contributed by atoms with Crippen molar-refractivity contribution in [1.29, 1.82) is 0 Å². The minimum atomic E-state index is -0.304. The van der Waals surface area contributed by atoms with E-state index in [0.29, 0.717) is 30.1 Å². The Kier molecular flexibility index (Phi) is 3.17. The number of nitrogens with one attached hydrogen (secondary N) is 1. The van der Waals surface area contributed by atoms with Gasteiger partial charge in [0.1, 0.15) is 5.82 Å². The summed E-state index contributed by atoms with van der Waals surface area (Å²) in [5.74, 6) is 0.463. The van der Waals surface area contributed by atoms with Gasteiger partial charge in [0, 0.05) is 42.9 Å². The Labute approximate surface area is 152 Å². The molecular formula is C17H18N8O2. The van der Waals surface area contributed by atoms with Gasteiger partial charge in [0.25, 0.3) is 0 Å². The molecular weight excluding hydrogens is 348 g/mol. The van der Waals surface area contributed by atoms with Gasteiger partial charge in [-0.1, -0.05) is 0 Å². The third-order valence-corrected chi connectivity index (χ3v) is 5.16. The van der Waals surface area contributed by atoms with E-state index in [2.05, 4.69) is 15.2 Å². The number of nitrogens with zero attached hydrogens (tertiary/aromatic N) is 6. The molecule has 0 spiro atoms. The number of aryl methyl sites for hydroxylation is 1. The predicted octanol–water partition coefficient (Wildman–Crippen LogP) is 0.637. The molecule has 10 nitrogen and oxygen atoms in total. The lowest BCUT2D eigenvalue weighted by Gasteiger charge is -2.23. The smallest absolute Gasteiger partial charge is 0.328 e. The number of nitrogen functional groups attached to an aromatic ring is 1. The summed E-state index contributed by atoms with van der Waals surface area (Å²) in [4.78, 5) is 19.3. The molecule has 27 heavy (non-hydrogen) atoms. The van der Waals surface area contributed by atoms with Crippen molar-refractivity contribution < 1.29 is 5.11 Å². The molecule has 4 aromatic heterocycles. The van der Waals surface area contributed by atoms with Crippen LogP contribution in [0.2, 0.25) is 0 Å². The fraction of sp³-hybridized carbons (Fsp3) is 0.294. The molecule has 0 saturated heterocycles. The number of hydrogen-bond donors (Lipinski definition) is 3. The molecule has 5 rings (SSSR count). The zero-order chi connectivity index (χ0) is 18.7. The van der Waals surface area contributed by atoms with Crippen LogP contribution in [0, 0.1) is 0 Å². The maximum Gasteiger partial charge on any atom is 0.328 e. The minimum Gasteiger partial charge on any atom is -0.493 e. The second kappa shape index (κ2) is 5.47. The van der Waals surface area contributed by atoms with Crippen molar-refractivity contribution >= 4 is 11.5 Å². The SMILES string of the molecule is Cn1cc(-c2cnn3c(N)cc(C4CCc5c(O)[nH]c(=O)n5C4)nc23)cn1. The summed E-state index contributed by atoms with van der Waals surface area (Å²) in [6, 6.07) is 1.81. The topological polar surface area (TPSA) is 132 Å². The quantitative estimate of drug-likeness (QED) is 0.477. The first-order chi connectivity index (χ1) is 13.0. The van der Waals surface area contributed by atoms with Gasteiger partial charge in [0.15, 0.2) is 5.65 Å². The van der Waals surface area contributed by atoms with Crippen molar-refractivity contribution in [2.75, 3.05) is 5.73 Å².